The van der Waals surface area contributed by atoms with E-state index in [1.54, 1.807) is 18.9 Å². The van der Waals surface area contributed by atoms with Gasteiger partial charge in [0.15, 0.2) is 0 Å². The second kappa shape index (κ2) is 7.54. The predicted octanol–water partition coefficient (Wildman–Crippen LogP) is 1.76. The molecule has 1 unspecified atom stereocenters. The number of benzene rings is 1. The molecule has 1 atom stereocenters. The fraction of sp³-hybridized carbons (Fsp3) is 0.500. The van der Waals surface area contributed by atoms with E-state index in [9.17, 15) is 0 Å². The fourth-order valence-corrected chi connectivity index (χ4v) is 2.28. The van der Waals surface area contributed by atoms with Crippen LogP contribution in [0.5, 0.6) is 5.75 Å². The Labute approximate surface area is 101 Å². The Balaban J connectivity index is 2.40. The van der Waals surface area contributed by atoms with Gasteiger partial charge in [0, 0.05) is 16.7 Å². The largest absolute Gasteiger partial charge is 0.497 e. The number of nitrogens with one attached hydrogen (secondary N) is 1. The minimum absolute atomic E-state index is 0.164. The van der Waals surface area contributed by atoms with E-state index in [2.05, 4.69) is 5.32 Å². The molecule has 0 bridgehead atoms. The first-order chi connectivity index (χ1) is 7.80. The molecule has 3 nitrogen and oxygen atoms in total. The summed E-state index contributed by atoms with van der Waals surface area (Å²) in [6.45, 7) is 3.10. The van der Waals surface area contributed by atoms with Gasteiger partial charge in [-0.1, -0.05) is 6.92 Å². The Hall–Kier alpha value is -0.710. The van der Waals surface area contributed by atoms with E-state index in [0.717, 1.165) is 18.0 Å². The molecule has 4 heteroatoms. The number of ether oxygens (including phenoxy) is 1. The standard InChI is InChI=1S/C12H19NO2S/c1-3-13-10(8-14)9-16-12-6-4-11(15-2)5-7-12/h4-7,10,13-14H,3,8-9H2,1-2H3. The molecular weight excluding hydrogens is 222 g/mol. The molecule has 0 saturated heterocycles. The summed E-state index contributed by atoms with van der Waals surface area (Å²) in [6, 6.07) is 8.12. The van der Waals surface area contributed by atoms with Crippen molar-refractivity contribution in [1.29, 1.82) is 0 Å². The lowest BCUT2D eigenvalue weighted by Gasteiger charge is -2.14. The van der Waals surface area contributed by atoms with Gasteiger partial charge in [-0.05, 0) is 30.8 Å². The van der Waals surface area contributed by atoms with Crippen molar-refractivity contribution in [2.24, 2.45) is 0 Å². The second-order valence-electron chi connectivity index (χ2n) is 3.42. The molecule has 0 heterocycles. The average Bonchev–Trinajstić information content (AvgIpc) is 2.35. The predicted molar refractivity (Wildman–Crippen MR) is 68.3 cm³/mol. The van der Waals surface area contributed by atoms with Crippen molar-refractivity contribution in [2.75, 3.05) is 26.0 Å². The Kier molecular flexibility index (Phi) is 6.30. The summed E-state index contributed by atoms with van der Waals surface area (Å²) in [6.07, 6.45) is 0. The van der Waals surface area contributed by atoms with E-state index in [-0.39, 0.29) is 12.6 Å². The first kappa shape index (κ1) is 13.4. The highest BCUT2D eigenvalue weighted by molar-refractivity contribution is 7.99. The van der Waals surface area contributed by atoms with Gasteiger partial charge < -0.3 is 15.2 Å². The number of hydrogen-bond acceptors (Lipinski definition) is 4. The van der Waals surface area contributed by atoms with E-state index in [1.165, 1.54) is 4.90 Å². The number of hydrogen-bond donors (Lipinski definition) is 2. The van der Waals surface area contributed by atoms with Crippen LogP contribution in [-0.4, -0.2) is 37.2 Å². The van der Waals surface area contributed by atoms with Gasteiger partial charge in [0.05, 0.1) is 13.7 Å². The first-order valence-electron chi connectivity index (χ1n) is 5.41. The summed E-state index contributed by atoms with van der Waals surface area (Å²) >= 11 is 1.73. The maximum Gasteiger partial charge on any atom is 0.118 e. The molecule has 0 aliphatic rings. The zero-order valence-corrected chi connectivity index (χ0v) is 10.6. The molecule has 0 amide bonds. The smallest absolute Gasteiger partial charge is 0.118 e. The normalized spacial score (nSPS) is 12.4. The molecule has 1 aromatic carbocycles. The molecular formula is C12H19NO2S. The van der Waals surface area contributed by atoms with Crippen LogP contribution in [0.1, 0.15) is 6.92 Å². The van der Waals surface area contributed by atoms with Crippen LogP contribution in [0, 0.1) is 0 Å². The Bertz CT molecular complexity index is 290. The molecule has 0 spiro atoms. The number of thioether (sulfide) groups is 1. The van der Waals surface area contributed by atoms with Gasteiger partial charge in [0.25, 0.3) is 0 Å². The van der Waals surface area contributed by atoms with Crippen molar-refractivity contribution in [3.8, 4) is 5.75 Å². The Morgan fingerprint density at radius 2 is 2.06 bits per heavy atom. The number of rotatable bonds is 7. The zero-order chi connectivity index (χ0) is 11.8. The van der Waals surface area contributed by atoms with E-state index in [4.69, 9.17) is 9.84 Å². The van der Waals surface area contributed by atoms with Gasteiger partial charge >= 0.3 is 0 Å². The molecule has 1 rings (SSSR count). The van der Waals surface area contributed by atoms with Crippen LogP contribution in [0.4, 0.5) is 0 Å². The summed E-state index contributed by atoms with van der Waals surface area (Å²) in [7, 11) is 1.66. The van der Waals surface area contributed by atoms with Crippen molar-refractivity contribution in [3.05, 3.63) is 24.3 Å². The van der Waals surface area contributed by atoms with Crippen molar-refractivity contribution in [3.63, 3.8) is 0 Å². The highest BCUT2D eigenvalue weighted by Crippen LogP contribution is 2.21. The number of methoxy groups -OCH3 is 1. The van der Waals surface area contributed by atoms with Gasteiger partial charge in [0.2, 0.25) is 0 Å². The SMILES string of the molecule is CCNC(CO)CSc1ccc(OC)cc1. The van der Waals surface area contributed by atoms with Crippen LogP contribution in [0.25, 0.3) is 0 Å². The number of aliphatic hydroxyl groups excluding tert-OH is 1. The molecule has 0 aliphatic heterocycles. The van der Waals surface area contributed by atoms with Crippen LogP contribution in [0.3, 0.4) is 0 Å². The van der Waals surface area contributed by atoms with Gasteiger partial charge in [-0.2, -0.15) is 0 Å². The molecule has 0 aliphatic carbocycles. The lowest BCUT2D eigenvalue weighted by atomic mass is 10.3. The third-order valence-corrected chi connectivity index (χ3v) is 3.40. The van der Waals surface area contributed by atoms with E-state index in [1.807, 2.05) is 31.2 Å². The minimum Gasteiger partial charge on any atom is -0.497 e. The van der Waals surface area contributed by atoms with Crippen LogP contribution in [-0.2, 0) is 0 Å². The van der Waals surface area contributed by atoms with Crippen LogP contribution in [0.2, 0.25) is 0 Å². The molecule has 1 aromatic rings. The molecule has 0 radical (unpaired) electrons. The van der Waals surface area contributed by atoms with Gasteiger partial charge in [-0.15, -0.1) is 11.8 Å². The van der Waals surface area contributed by atoms with Crippen LogP contribution >= 0.6 is 11.8 Å². The molecule has 0 fully saturated rings. The maximum absolute atomic E-state index is 9.12. The first-order valence-corrected chi connectivity index (χ1v) is 6.39. The van der Waals surface area contributed by atoms with Gasteiger partial charge in [-0.3, -0.25) is 0 Å². The lowest BCUT2D eigenvalue weighted by molar-refractivity contribution is 0.255. The van der Waals surface area contributed by atoms with Gasteiger partial charge in [-0.25, -0.2) is 0 Å². The van der Waals surface area contributed by atoms with Crippen LogP contribution < -0.4 is 10.1 Å². The monoisotopic (exact) mass is 241 g/mol. The van der Waals surface area contributed by atoms with Crippen molar-refractivity contribution in [2.45, 2.75) is 17.9 Å². The third-order valence-electron chi connectivity index (χ3n) is 2.22. The summed E-state index contributed by atoms with van der Waals surface area (Å²) in [5, 5.41) is 12.4. The highest BCUT2D eigenvalue weighted by Gasteiger charge is 2.05. The van der Waals surface area contributed by atoms with Crippen molar-refractivity contribution >= 4 is 11.8 Å². The Morgan fingerprint density at radius 1 is 1.38 bits per heavy atom. The highest BCUT2D eigenvalue weighted by atomic mass is 32.2. The lowest BCUT2D eigenvalue weighted by Crippen LogP contribution is -2.34. The molecule has 2 N–H and O–H groups in total. The quantitative estimate of drug-likeness (QED) is 0.714. The van der Waals surface area contributed by atoms with E-state index in [0.29, 0.717) is 0 Å². The number of likely N-dealkylation sites (N-methyl/N-ethyl adjacent to an activating group) is 1. The summed E-state index contributed by atoms with van der Waals surface area (Å²) < 4.78 is 5.09. The van der Waals surface area contributed by atoms with E-state index >= 15 is 0 Å². The van der Waals surface area contributed by atoms with E-state index < -0.39 is 0 Å². The minimum atomic E-state index is 0.164. The topological polar surface area (TPSA) is 41.5 Å². The molecule has 0 aromatic heterocycles. The third kappa shape index (κ3) is 4.43. The molecule has 0 saturated carbocycles. The molecule has 90 valence electrons. The van der Waals surface area contributed by atoms with Crippen molar-refractivity contribution < 1.29 is 9.84 Å². The summed E-state index contributed by atoms with van der Waals surface area (Å²) in [5.41, 5.74) is 0. The van der Waals surface area contributed by atoms with Gasteiger partial charge in [0.1, 0.15) is 5.75 Å². The van der Waals surface area contributed by atoms with Crippen molar-refractivity contribution in [1.82, 2.24) is 5.32 Å². The number of aliphatic hydroxyl groups is 1. The second-order valence-corrected chi connectivity index (χ2v) is 4.52. The summed E-state index contributed by atoms with van der Waals surface area (Å²) in [4.78, 5) is 1.19. The average molecular weight is 241 g/mol. The fourth-order valence-electron chi connectivity index (χ4n) is 1.33. The zero-order valence-electron chi connectivity index (χ0n) is 9.77. The Morgan fingerprint density at radius 3 is 2.56 bits per heavy atom. The van der Waals surface area contributed by atoms with Crippen LogP contribution in [0.15, 0.2) is 29.2 Å². The summed E-state index contributed by atoms with van der Waals surface area (Å²) in [5.74, 6) is 1.74. The molecule has 16 heavy (non-hydrogen) atoms. The maximum atomic E-state index is 9.12.